The minimum Gasteiger partial charge on any atom is -0.387 e. The van der Waals surface area contributed by atoms with E-state index in [2.05, 4.69) is 15.4 Å². The minimum atomic E-state index is -4.39. The van der Waals surface area contributed by atoms with E-state index >= 15 is 0 Å². The molecule has 2 aromatic rings. The molecular weight excluding hydrogens is 233 g/mol. The van der Waals surface area contributed by atoms with Crippen molar-refractivity contribution in [1.82, 2.24) is 14.8 Å². The average Bonchev–Trinajstić information content (AvgIpc) is 2.78. The van der Waals surface area contributed by atoms with Gasteiger partial charge in [-0.3, -0.25) is 0 Å². The van der Waals surface area contributed by atoms with E-state index in [1.54, 1.807) is 19.2 Å². The van der Waals surface area contributed by atoms with Crippen LogP contribution in [0.25, 0.3) is 5.82 Å². The lowest BCUT2D eigenvalue weighted by atomic mass is 10.3. The van der Waals surface area contributed by atoms with Crippen LogP contribution in [0.15, 0.2) is 30.7 Å². The van der Waals surface area contributed by atoms with Crippen molar-refractivity contribution in [2.45, 2.75) is 6.18 Å². The molecule has 4 nitrogen and oxygen atoms in total. The maximum atomic E-state index is 12.4. The number of nitrogens with zero attached hydrogens (tertiary/aromatic N) is 3. The molecule has 0 aliphatic heterocycles. The maximum absolute atomic E-state index is 12.4. The van der Waals surface area contributed by atoms with E-state index in [4.69, 9.17) is 0 Å². The summed E-state index contributed by atoms with van der Waals surface area (Å²) in [7, 11) is 1.73. The molecule has 0 unspecified atom stereocenters. The number of hydrogen-bond acceptors (Lipinski definition) is 3. The molecule has 0 radical (unpaired) electrons. The topological polar surface area (TPSA) is 42.7 Å². The van der Waals surface area contributed by atoms with Gasteiger partial charge in [0.2, 0.25) is 0 Å². The SMILES string of the molecule is CNc1ccc(-n2cc(C(F)(F)F)cn2)nc1. The van der Waals surface area contributed by atoms with Gasteiger partial charge in [0.05, 0.1) is 23.6 Å². The molecule has 2 aromatic heterocycles. The number of rotatable bonds is 2. The Hall–Kier alpha value is -2.05. The molecule has 0 aliphatic carbocycles. The van der Waals surface area contributed by atoms with E-state index in [9.17, 15) is 13.2 Å². The Morgan fingerprint density at radius 1 is 1.24 bits per heavy atom. The second-order valence-electron chi connectivity index (χ2n) is 3.33. The van der Waals surface area contributed by atoms with Gasteiger partial charge in [0, 0.05) is 13.2 Å². The van der Waals surface area contributed by atoms with Crippen LogP contribution < -0.4 is 5.32 Å². The van der Waals surface area contributed by atoms with Crippen LogP contribution in [0.5, 0.6) is 0 Å². The standard InChI is InChI=1S/C10H9F3N4/c1-14-8-2-3-9(15-5-8)17-6-7(4-16-17)10(11,12)13/h2-6,14H,1H3. The Labute approximate surface area is 95.1 Å². The van der Waals surface area contributed by atoms with E-state index in [0.29, 0.717) is 5.82 Å². The first-order valence-corrected chi connectivity index (χ1v) is 4.77. The molecule has 0 saturated heterocycles. The molecule has 2 heterocycles. The summed E-state index contributed by atoms with van der Waals surface area (Å²) in [6.45, 7) is 0. The minimum absolute atomic E-state index is 0.333. The third kappa shape index (κ3) is 2.38. The average molecular weight is 242 g/mol. The number of aromatic nitrogens is 3. The summed E-state index contributed by atoms with van der Waals surface area (Å²) in [5, 5.41) is 6.49. The molecule has 2 rings (SSSR count). The van der Waals surface area contributed by atoms with E-state index in [0.717, 1.165) is 22.8 Å². The molecule has 0 amide bonds. The fraction of sp³-hybridized carbons (Fsp3) is 0.200. The number of nitrogens with one attached hydrogen (secondary N) is 1. The van der Waals surface area contributed by atoms with Gasteiger partial charge in [0.1, 0.15) is 0 Å². The first-order chi connectivity index (χ1) is 8.00. The lowest BCUT2D eigenvalue weighted by Gasteiger charge is -2.03. The van der Waals surface area contributed by atoms with Gasteiger partial charge in [-0.05, 0) is 12.1 Å². The zero-order valence-electron chi connectivity index (χ0n) is 8.86. The van der Waals surface area contributed by atoms with Crippen molar-refractivity contribution in [2.24, 2.45) is 0 Å². The Balaban J connectivity index is 2.30. The van der Waals surface area contributed by atoms with Crippen molar-refractivity contribution in [3.8, 4) is 5.82 Å². The summed E-state index contributed by atoms with van der Waals surface area (Å²) in [5.74, 6) is 0.333. The zero-order chi connectivity index (χ0) is 12.5. The van der Waals surface area contributed by atoms with Gasteiger partial charge < -0.3 is 5.32 Å². The van der Waals surface area contributed by atoms with E-state index in [1.807, 2.05) is 0 Å². The van der Waals surface area contributed by atoms with Gasteiger partial charge >= 0.3 is 6.18 Å². The van der Waals surface area contributed by atoms with E-state index in [-0.39, 0.29) is 0 Å². The molecule has 90 valence electrons. The Morgan fingerprint density at radius 3 is 2.47 bits per heavy atom. The van der Waals surface area contributed by atoms with Crippen LogP contribution in [0.3, 0.4) is 0 Å². The van der Waals surface area contributed by atoms with Crippen LogP contribution in [0.4, 0.5) is 18.9 Å². The van der Waals surface area contributed by atoms with E-state index < -0.39 is 11.7 Å². The first-order valence-electron chi connectivity index (χ1n) is 4.77. The summed E-state index contributed by atoms with van der Waals surface area (Å²) >= 11 is 0. The van der Waals surface area contributed by atoms with Crippen molar-refractivity contribution in [2.75, 3.05) is 12.4 Å². The van der Waals surface area contributed by atoms with Crippen molar-refractivity contribution < 1.29 is 13.2 Å². The number of hydrogen-bond donors (Lipinski definition) is 1. The van der Waals surface area contributed by atoms with Crippen LogP contribution >= 0.6 is 0 Å². The molecule has 17 heavy (non-hydrogen) atoms. The highest BCUT2D eigenvalue weighted by Gasteiger charge is 2.32. The highest BCUT2D eigenvalue weighted by molar-refractivity contribution is 5.42. The van der Waals surface area contributed by atoms with Gasteiger partial charge in [0.25, 0.3) is 0 Å². The first kappa shape index (κ1) is 11.4. The van der Waals surface area contributed by atoms with Crippen LogP contribution in [0.2, 0.25) is 0 Å². The monoisotopic (exact) mass is 242 g/mol. The second-order valence-corrected chi connectivity index (χ2v) is 3.33. The van der Waals surface area contributed by atoms with Gasteiger partial charge in [-0.25, -0.2) is 9.67 Å². The van der Waals surface area contributed by atoms with Gasteiger partial charge in [-0.15, -0.1) is 0 Å². The fourth-order valence-electron chi connectivity index (χ4n) is 1.26. The maximum Gasteiger partial charge on any atom is 0.419 e. The van der Waals surface area contributed by atoms with Crippen LogP contribution in [0, 0.1) is 0 Å². The lowest BCUT2D eigenvalue weighted by molar-refractivity contribution is -0.137. The molecule has 0 fully saturated rings. The van der Waals surface area contributed by atoms with Gasteiger partial charge in [-0.1, -0.05) is 0 Å². The number of alkyl halides is 3. The molecule has 7 heteroatoms. The fourth-order valence-corrected chi connectivity index (χ4v) is 1.26. The molecule has 0 spiro atoms. The smallest absolute Gasteiger partial charge is 0.387 e. The van der Waals surface area contributed by atoms with Crippen LogP contribution in [0.1, 0.15) is 5.56 Å². The third-order valence-corrected chi connectivity index (χ3v) is 2.18. The number of anilines is 1. The van der Waals surface area contributed by atoms with Crippen molar-refractivity contribution in [3.05, 3.63) is 36.3 Å². The highest BCUT2D eigenvalue weighted by Crippen LogP contribution is 2.28. The molecule has 0 aromatic carbocycles. The van der Waals surface area contributed by atoms with E-state index in [1.165, 1.54) is 6.20 Å². The summed E-state index contributed by atoms with van der Waals surface area (Å²) in [5.41, 5.74) is -0.0195. The van der Waals surface area contributed by atoms with Crippen molar-refractivity contribution in [3.63, 3.8) is 0 Å². The third-order valence-electron chi connectivity index (χ3n) is 2.18. The van der Waals surface area contributed by atoms with Gasteiger partial charge in [0.15, 0.2) is 5.82 Å². The molecular formula is C10H9F3N4. The highest BCUT2D eigenvalue weighted by atomic mass is 19.4. The normalized spacial score (nSPS) is 11.5. The Kier molecular flexibility index (Phi) is 2.74. The second kappa shape index (κ2) is 4.08. The summed E-state index contributed by atoms with van der Waals surface area (Å²) < 4.78 is 38.1. The largest absolute Gasteiger partial charge is 0.419 e. The predicted molar refractivity (Wildman–Crippen MR) is 55.9 cm³/mol. The molecule has 0 bridgehead atoms. The van der Waals surface area contributed by atoms with Crippen LogP contribution in [-0.4, -0.2) is 21.8 Å². The summed E-state index contributed by atoms with van der Waals surface area (Å²) in [6.07, 6.45) is -1.19. The quantitative estimate of drug-likeness (QED) is 0.878. The predicted octanol–water partition coefficient (Wildman–Crippen LogP) is 2.33. The van der Waals surface area contributed by atoms with Crippen molar-refractivity contribution >= 4 is 5.69 Å². The number of halogens is 3. The lowest BCUT2D eigenvalue weighted by Crippen LogP contribution is -2.03. The molecule has 1 N–H and O–H groups in total. The zero-order valence-corrected chi connectivity index (χ0v) is 8.86. The van der Waals surface area contributed by atoms with Crippen molar-refractivity contribution in [1.29, 1.82) is 0 Å². The molecule has 0 aliphatic rings. The van der Waals surface area contributed by atoms with Gasteiger partial charge in [-0.2, -0.15) is 18.3 Å². The molecule has 0 atom stereocenters. The summed E-state index contributed by atoms with van der Waals surface area (Å²) in [4.78, 5) is 3.99. The Bertz CT molecular complexity index is 501. The Morgan fingerprint density at radius 2 is 2.00 bits per heavy atom. The number of pyridine rings is 1. The molecule has 0 saturated carbocycles. The van der Waals surface area contributed by atoms with Crippen LogP contribution in [-0.2, 0) is 6.18 Å². The summed E-state index contributed by atoms with van der Waals surface area (Å²) in [6, 6.07) is 3.29.